The zero-order valence-corrected chi connectivity index (χ0v) is 20.1. The van der Waals surface area contributed by atoms with Gasteiger partial charge in [-0.2, -0.15) is 0 Å². The first-order chi connectivity index (χ1) is 17.8. The number of carbonyl (C=O) groups is 4. The van der Waals surface area contributed by atoms with Gasteiger partial charge in [-0.05, 0) is 31.0 Å². The Labute approximate surface area is 212 Å². The van der Waals surface area contributed by atoms with Crippen LogP contribution in [0.3, 0.4) is 0 Å². The molecule has 3 atom stereocenters. The second-order valence-corrected chi connectivity index (χ2v) is 9.45. The smallest absolute Gasteiger partial charge is 0.316 e. The molecule has 2 saturated heterocycles. The molecular weight excluding hydrogens is 482 g/mol. The highest BCUT2D eigenvalue weighted by Crippen LogP contribution is 2.41. The predicted octanol–water partition coefficient (Wildman–Crippen LogP) is 3.24. The minimum atomic E-state index is -0.783. The Morgan fingerprint density at radius 1 is 1.03 bits per heavy atom. The van der Waals surface area contributed by atoms with Gasteiger partial charge in [-0.15, -0.1) is 0 Å². The fourth-order valence-electron chi connectivity index (χ4n) is 5.40. The van der Waals surface area contributed by atoms with Gasteiger partial charge in [-0.25, -0.2) is 4.90 Å². The molecule has 2 aromatic carbocycles. The maximum atomic E-state index is 12.9. The molecule has 0 aromatic heterocycles. The molecule has 3 amide bonds. The van der Waals surface area contributed by atoms with Crippen molar-refractivity contribution in [1.29, 1.82) is 0 Å². The van der Waals surface area contributed by atoms with Crippen molar-refractivity contribution in [2.24, 2.45) is 17.8 Å². The third kappa shape index (κ3) is 4.41. The number of imide groups is 1. The molecule has 0 spiro atoms. The van der Waals surface area contributed by atoms with E-state index in [9.17, 15) is 29.3 Å². The fraction of sp³-hybridized carbons (Fsp3) is 0.385. The van der Waals surface area contributed by atoms with E-state index in [0.29, 0.717) is 24.2 Å². The van der Waals surface area contributed by atoms with E-state index in [1.54, 1.807) is 18.2 Å². The van der Waals surface area contributed by atoms with Crippen LogP contribution in [0, 0.1) is 27.9 Å². The van der Waals surface area contributed by atoms with Crippen LogP contribution in [0.2, 0.25) is 0 Å². The van der Waals surface area contributed by atoms with E-state index in [-0.39, 0.29) is 59.7 Å². The number of carbonyl (C=O) groups excluding carboxylic acids is 4. The van der Waals surface area contributed by atoms with Gasteiger partial charge in [0.1, 0.15) is 11.5 Å². The van der Waals surface area contributed by atoms with Crippen molar-refractivity contribution in [3.63, 3.8) is 0 Å². The summed E-state index contributed by atoms with van der Waals surface area (Å²) in [5.41, 5.74) is 0.495. The lowest BCUT2D eigenvalue weighted by Gasteiger charge is -2.19. The number of nitrogens with zero attached hydrogens (tertiary/aromatic N) is 3. The predicted molar refractivity (Wildman–Crippen MR) is 130 cm³/mol. The van der Waals surface area contributed by atoms with Crippen molar-refractivity contribution in [3.05, 3.63) is 52.6 Å². The van der Waals surface area contributed by atoms with Gasteiger partial charge in [0.2, 0.25) is 17.7 Å². The van der Waals surface area contributed by atoms with E-state index >= 15 is 0 Å². The summed E-state index contributed by atoms with van der Waals surface area (Å²) < 4.78 is 10.8. The van der Waals surface area contributed by atoms with Crippen molar-refractivity contribution >= 4 is 40.8 Å². The molecule has 1 saturated carbocycles. The minimum Gasteiger partial charge on any atom is -0.494 e. The zero-order valence-electron chi connectivity index (χ0n) is 20.1. The number of ether oxygens (including phenoxy) is 2. The lowest BCUT2D eigenvalue weighted by atomic mass is 9.81. The number of hydrogen-bond donors (Lipinski definition) is 0. The molecule has 0 bridgehead atoms. The van der Waals surface area contributed by atoms with Crippen LogP contribution in [-0.4, -0.2) is 42.3 Å². The minimum absolute atomic E-state index is 0.0119. The van der Waals surface area contributed by atoms with Gasteiger partial charge < -0.3 is 14.4 Å². The molecule has 5 rings (SSSR count). The van der Waals surface area contributed by atoms with Gasteiger partial charge in [-0.1, -0.05) is 18.9 Å². The van der Waals surface area contributed by atoms with E-state index in [1.165, 1.54) is 41.2 Å². The molecule has 2 aliphatic heterocycles. The number of rotatable bonds is 6. The van der Waals surface area contributed by atoms with Crippen LogP contribution >= 0.6 is 0 Å². The molecule has 1 aliphatic carbocycles. The normalized spacial score (nSPS) is 23.3. The summed E-state index contributed by atoms with van der Waals surface area (Å²) in [5, 5.41) is 11.1. The third-order valence-corrected chi connectivity index (χ3v) is 7.26. The van der Waals surface area contributed by atoms with Crippen LogP contribution in [0.4, 0.5) is 17.1 Å². The molecular formula is C26H25N3O8. The van der Waals surface area contributed by atoms with Gasteiger partial charge in [-0.3, -0.25) is 29.3 Å². The number of anilines is 2. The number of methoxy groups -OCH3 is 1. The first-order valence-electron chi connectivity index (χ1n) is 12.1. The maximum Gasteiger partial charge on any atom is 0.316 e. The summed E-state index contributed by atoms with van der Waals surface area (Å²) in [6, 6.07) is 10.2. The topological polar surface area (TPSA) is 136 Å². The molecule has 0 unspecified atom stereocenters. The SMILES string of the molecule is COc1cc([N+](=O)[O-])ccc1N1C[C@H](C(=O)Oc2cccc(N3C(=O)[C@H]4CCCC[C@H]4C3=O)c2)CC1=O. The summed E-state index contributed by atoms with van der Waals surface area (Å²) in [4.78, 5) is 64.5. The van der Waals surface area contributed by atoms with Crippen molar-refractivity contribution < 1.29 is 33.6 Å². The van der Waals surface area contributed by atoms with Gasteiger partial charge >= 0.3 is 5.97 Å². The van der Waals surface area contributed by atoms with Gasteiger partial charge in [0.15, 0.2) is 0 Å². The Balaban J connectivity index is 1.30. The lowest BCUT2D eigenvalue weighted by molar-refractivity contribution is -0.384. The van der Waals surface area contributed by atoms with Crippen LogP contribution in [-0.2, 0) is 19.2 Å². The Kier molecular flexibility index (Phi) is 6.36. The molecule has 192 valence electrons. The quantitative estimate of drug-likeness (QED) is 0.191. The van der Waals surface area contributed by atoms with E-state index in [2.05, 4.69) is 0 Å². The van der Waals surface area contributed by atoms with E-state index < -0.39 is 16.8 Å². The highest BCUT2D eigenvalue weighted by atomic mass is 16.6. The Morgan fingerprint density at radius 3 is 2.38 bits per heavy atom. The first kappa shape index (κ1) is 24.4. The van der Waals surface area contributed by atoms with Crippen LogP contribution in [0.15, 0.2) is 42.5 Å². The Bertz CT molecular complexity index is 1280. The average molecular weight is 507 g/mol. The first-order valence-corrected chi connectivity index (χ1v) is 12.1. The highest BCUT2D eigenvalue weighted by Gasteiger charge is 2.48. The maximum absolute atomic E-state index is 12.9. The van der Waals surface area contributed by atoms with Crippen molar-refractivity contribution in [2.45, 2.75) is 32.1 Å². The molecule has 2 heterocycles. The summed E-state index contributed by atoms with van der Waals surface area (Å²) in [7, 11) is 1.34. The van der Waals surface area contributed by atoms with Crippen LogP contribution in [0.25, 0.3) is 0 Å². The summed E-state index contributed by atoms with van der Waals surface area (Å²) in [6.07, 6.45) is 3.15. The number of hydrogen-bond acceptors (Lipinski definition) is 8. The van der Waals surface area contributed by atoms with Gasteiger partial charge in [0.05, 0.1) is 47.2 Å². The van der Waals surface area contributed by atoms with Gasteiger partial charge in [0.25, 0.3) is 5.69 Å². The Morgan fingerprint density at radius 2 is 1.73 bits per heavy atom. The number of nitro benzene ring substituents is 1. The molecule has 11 nitrogen and oxygen atoms in total. The fourth-order valence-corrected chi connectivity index (χ4v) is 5.40. The third-order valence-electron chi connectivity index (χ3n) is 7.26. The monoisotopic (exact) mass is 507 g/mol. The van der Waals surface area contributed by atoms with Crippen LogP contribution < -0.4 is 19.3 Å². The number of non-ortho nitro benzene ring substituents is 1. The summed E-state index contributed by atoms with van der Waals surface area (Å²) in [5.74, 6) is -2.48. The number of nitro groups is 1. The molecule has 37 heavy (non-hydrogen) atoms. The number of esters is 1. The Hall–Kier alpha value is -4.28. The van der Waals surface area contributed by atoms with Crippen LogP contribution in [0.5, 0.6) is 11.5 Å². The van der Waals surface area contributed by atoms with Gasteiger partial charge in [0, 0.05) is 25.1 Å². The second kappa shape index (κ2) is 9.64. The summed E-state index contributed by atoms with van der Waals surface area (Å²) >= 11 is 0. The number of benzene rings is 2. The molecule has 2 aromatic rings. The van der Waals surface area contributed by atoms with Crippen molar-refractivity contribution in [3.8, 4) is 11.5 Å². The molecule has 11 heteroatoms. The summed E-state index contributed by atoms with van der Waals surface area (Å²) in [6.45, 7) is 0.0119. The molecule has 3 fully saturated rings. The lowest BCUT2D eigenvalue weighted by Crippen LogP contribution is -2.31. The van der Waals surface area contributed by atoms with Crippen molar-refractivity contribution in [2.75, 3.05) is 23.5 Å². The number of amides is 3. The average Bonchev–Trinajstić information content (AvgIpc) is 3.41. The molecule has 0 radical (unpaired) electrons. The second-order valence-electron chi connectivity index (χ2n) is 9.45. The highest BCUT2D eigenvalue weighted by molar-refractivity contribution is 6.22. The van der Waals surface area contributed by atoms with E-state index in [0.717, 1.165) is 12.8 Å². The van der Waals surface area contributed by atoms with E-state index in [1.807, 2.05) is 0 Å². The zero-order chi connectivity index (χ0) is 26.3. The largest absolute Gasteiger partial charge is 0.494 e. The van der Waals surface area contributed by atoms with Crippen molar-refractivity contribution in [1.82, 2.24) is 0 Å². The van der Waals surface area contributed by atoms with E-state index in [4.69, 9.17) is 9.47 Å². The molecule has 0 N–H and O–H groups in total. The van der Waals surface area contributed by atoms with Crippen LogP contribution in [0.1, 0.15) is 32.1 Å². The molecule has 3 aliphatic rings. The standard InChI is InChI=1S/C26H25N3O8/c1-36-22-13-17(29(34)35)9-10-21(22)27-14-15(11-23(27)30)26(33)37-18-6-4-5-16(12-18)28-24(31)19-7-2-3-8-20(19)25(28)32/h4-6,9-10,12-13,15,19-20H,2-3,7-8,11,14H2,1H3/t15-,19-,20+/m1/s1. The number of fused-ring (bicyclic) bond motifs is 1.